The molecule has 0 amide bonds. The topological polar surface area (TPSA) is 68.2 Å². The molecule has 3 aromatic heterocycles. The molecule has 8 aromatic carbocycles. The number of hydrogen-bond acceptors (Lipinski definition) is 6. The summed E-state index contributed by atoms with van der Waals surface area (Å²) in [5, 5.41) is 6.23. The standard InChI is InChI=1S/C49H30N4O2/c1-4-16-31(17-5-1)47-50-48(32-18-6-2-7-19-32)52-49(51-47)38-26-15-29-42-45(38)44-36-24-11-10-22-34(36)40(30-43(44)54-42)53(33-20-8-3-9-21-33)39-27-14-25-37-35-23-12-13-28-41(35)55-46(37)39/h1-30H. The molecule has 0 unspecified atom stereocenters. The van der Waals surface area contributed by atoms with Crippen LogP contribution < -0.4 is 4.90 Å². The van der Waals surface area contributed by atoms with E-state index in [0.29, 0.717) is 17.5 Å². The Bertz CT molecular complexity index is 3150. The first kappa shape index (κ1) is 31.0. The molecule has 55 heavy (non-hydrogen) atoms. The van der Waals surface area contributed by atoms with Crippen molar-refractivity contribution >= 4 is 71.7 Å². The summed E-state index contributed by atoms with van der Waals surface area (Å²) in [4.78, 5) is 17.4. The highest BCUT2D eigenvalue weighted by Gasteiger charge is 2.25. The number of anilines is 3. The van der Waals surface area contributed by atoms with Gasteiger partial charge in [0.1, 0.15) is 16.7 Å². The number of para-hydroxylation sites is 3. The molecule has 0 fully saturated rings. The minimum atomic E-state index is 0.580. The highest BCUT2D eigenvalue weighted by Crippen LogP contribution is 2.48. The van der Waals surface area contributed by atoms with Gasteiger partial charge in [0.2, 0.25) is 0 Å². The van der Waals surface area contributed by atoms with Crippen molar-refractivity contribution in [1.29, 1.82) is 0 Å². The van der Waals surface area contributed by atoms with E-state index in [0.717, 1.165) is 88.4 Å². The maximum atomic E-state index is 6.83. The maximum Gasteiger partial charge on any atom is 0.164 e. The van der Waals surface area contributed by atoms with E-state index >= 15 is 0 Å². The van der Waals surface area contributed by atoms with Gasteiger partial charge in [0.15, 0.2) is 23.1 Å². The van der Waals surface area contributed by atoms with E-state index in [1.54, 1.807) is 0 Å². The zero-order valence-electron chi connectivity index (χ0n) is 29.4. The first-order valence-electron chi connectivity index (χ1n) is 18.3. The van der Waals surface area contributed by atoms with Crippen molar-refractivity contribution < 1.29 is 8.83 Å². The second-order valence-electron chi connectivity index (χ2n) is 13.6. The third-order valence-electron chi connectivity index (χ3n) is 10.3. The van der Waals surface area contributed by atoms with Crippen molar-refractivity contribution in [2.45, 2.75) is 0 Å². The second kappa shape index (κ2) is 12.5. The van der Waals surface area contributed by atoms with Crippen LogP contribution in [0.3, 0.4) is 0 Å². The molecule has 6 heteroatoms. The predicted molar refractivity (Wildman–Crippen MR) is 223 cm³/mol. The lowest BCUT2D eigenvalue weighted by Gasteiger charge is -2.27. The SMILES string of the molecule is c1ccc(-c2nc(-c3ccccc3)nc(-c3cccc4oc5cc(N(c6ccccc6)c6cccc7c6oc6ccccc67)c6ccccc6c5c34)n2)cc1. The van der Waals surface area contributed by atoms with Gasteiger partial charge in [-0.3, -0.25) is 0 Å². The molecule has 0 aliphatic rings. The number of furan rings is 2. The van der Waals surface area contributed by atoms with E-state index in [-0.39, 0.29) is 0 Å². The zero-order chi connectivity index (χ0) is 36.3. The van der Waals surface area contributed by atoms with Gasteiger partial charge >= 0.3 is 0 Å². The van der Waals surface area contributed by atoms with Gasteiger partial charge in [-0.1, -0.05) is 146 Å². The average molecular weight is 707 g/mol. The van der Waals surface area contributed by atoms with Crippen LogP contribution in [0.25, 0.3) is 88.8 Å². The van der Waals surface area contributed by atoms with Crippen LogP contribution in [0.2, 0.25) is 0 Å². The molecule has 3 heterocycles. The Kier molecular flexibility index (Phi) is 7.07. The lowest BCUT2D eigenvalue weighted by Crippen LogP contribution is -2.10. The summed E-state index contributed by atoms with van der Waals surface area (Å²) in [6.45, 7) is 0. The molecule has 258 valence electrons. The average Bonchev–Trinajstić information content (AvgIpc) is 3.84. The van der Waals surface area contributed by atoms with Gasteiger partial charge in [-0.25, -0.2) is 15.0 Å². The lowest BCUT2D eigenvalue weighted by atomic mass is 9.98. The summed E-state index contributed by atoms with van der Waals surface area (Å²) in [5.41, 5.74) is 8.81. The molecule has 0 bridgehead atoms. The molecule has 0 saturated heterocycles. The van der Waals surface area contributed by atoms with E-state index in [4.69, 9.17) is 23.8 Å². The minimum Gasteiger partial charge on any atom is -0.456 e. The third kappa shape index (κ3) is 5.07. The summed E-state index contributed by atoms with van der Waals surface area (Å²) < 4.78 is 13.4. The smallest absolute Gasteiger partial charge is 0.164 e. The van der Waals surface area contributed by atoms with Gasteiger partial charge < -0.3 is 13.7 Å². The van der Waals surface area contributed by atoms with Crippen LogP contribution >= 0.6 is 0 Å². The number of nitrogens with zero attached hydrogens (tertiary/aromatic N) is 4. The summed E-state index contributed by atoms with van der Waals surface area (Å²) in [5.74, 6) is 1.80. The number of benzene rings is 8. The number of rotatable bonds is 6. The Balaban J connectivity index is 1.19. The summed E-state index contributed by atoms with van der Waals surface area (Å²) in [6, 6.07) is 61.9. The molecule has 0 spiro atoms. The molecule has 0 radical (unpaired) electrons. The molecule has 11 aromatic rings. The van der Waals surface area contributed by atoms with E-state index < -0.39 is 0 Å². The van der Waals surface area contributed by atoms with Crippen LogP contribution in [0.4, 0.5) is 17.1 Å². The van der Waals surface area contributed by atoms with Gasteiger partial charge in [0, 0.05) is 55.4 Å². The number of aromatic nitrogens is 3. The molecule has 0 N–H and O–H groups in total. The fourth-order valence-corrected chi connectivity index (χ4v) is 7.86. The first-order chi connectivity index (χ1) is 27.3. The fourth-order valence-electron chi connectivity index (χ4n) is 7.86. The van der Waals surface area contributed by atoms with Crippen LogP contribution in [0.15, 0.2) is 191 Å². The predicted octanol–water partition coefficient (Wildman–Crippen LogP) is 13.3. The highest BCUT2D eigenvalue weighted by molar-refractivity contribution is 6.25. The first-order valence-corrected chi connectivity index (χ1v) is 18.3. The van der Waals surface area contributed by atoms with Crippen LogP contribution in [0, 0.1) is 0 Å². The third-order valence-corrected chi connectivity index (χ3v) is 10.3. The van der Waals surface area contributed by atoms with Gasteiger partial charge in [-0.2, -0.15) is 0 Å². The van der Waals surface area contributed by atoms with Gasteiger partial charge in [-0.05, 0) is 35.7 Å². The van der Waals surface area contributed by atoms with Crippen molar-refractivity contribution in [2.75, 3.05) is 4.90 Å². The Morgan fingerprint density at radius 2 is 0.927 bits per heavy atom. The second-order valence-corrected chi connectivity index (χ2v) is 13.6. The van der Waals surface area contributed by atoms with Crippen molar-refractivity contribution in [3.8, 4) is 34.2 Å². The fraction of sp³-hybridized carbons (Fsp3) is 0. The van der Waals surface area contributed by atoms with Crippen molar-refractivity contribution in [2.24, 2.45) is 0 Å². The Hall–Kier alpha value is -7.57. The Morgan fingerprint density at radius 1 is 0.364 bits per heavy atom. The largest absolute Gasteiger partial charge is 0.456 e. The maximum absolute atomic E-state index is 6.83. The lowest BCUT2D eigenvalue weighted by molar-refractivity contribution is 0.667. The van der Waals surface area contributed by atoms with Crippen LogP contribution in [0.1, 0.15) is 0 Å². The van der Waals surface area contributed by atoms with Crippen molar-refractivity contribution in [1.82, 2.24) is 15.0 Å². The molecular weight excluding hydrogens is 677 g/mol. The van der Waals surface area contributed by atoms with Crippen molar-refractivity contribution in [3.05, 3.63) is 182 Å². The highest BCUT2D eigenvalue weighted by atomic mass is 16.3. The van der Waals surface area contributed by atoms with Crippen LogP contribution in [-0.2, 0) is 0 Å². The monoisotopic (exact) mass is 706 g/mol. The van der Waals surface area contributed by atoms with Crippen molar-refractivity contribution in [3.63, 3.8) is 0 Å². The quantitative estimate of drug-likeness (QED) is 0.171. The molecule has 11 rings (SSSR count). The molecule has 0 aliphatic heterocycles. The van der Waals surface area contributed by atoms with E-state index in [2.05, 4.69) is 95.9 Å². The van der Waals surface area contributed by atoms with Gasteiger partial charge in [0.05, 0.1) is 11.4 Å². The normalized spacial score (nSPS) is 11.6. The zero-order valence-corrected chi connectivity index (χ0v) is 29.4. The van der Waals surface area contributed by atoms with Crippen LogP contribution in [0.5, 0.6) is 0 Å². The van der Waals surface area contributed by atoms with E-state index in [1.165, 1.54) is 0 Å². The number of fused-ring (bicyclic) bond motifs is 8. The molecule has 0 aliphatic carbocycles. The van der Waals surface area contributed by atoms with Crippen LogP contribution in [-0.4, -0.2) is 15.0 Å². The summed E-state index contributed by atoms with van der Waals surface area (Å²) in [6.07, 6.45) is 0. The molecule has 0 saturated carbocycles. The van der Waals surface area contributed by atoms with Gasteiger partial charge in [0.25, 0.3) is 0 Å². The minimum absolute atomic E-state index is 0.580. The number of hydrogen-bond donors (Lipinski definition) is 0. The Labute approximate surface area is 315 Å². The summed E-state index contributed by atoms with van der Waals surface area (Å²) >= 11 is 0. The van der Waals surface area contributed by atoms with E-state index in [1.807, 2.05) is 91.0 Å². The molecule has 0 atom stereocenters. The van der Waals surface area contributed by atoms with E-state index in [9.17, 15) is 0 Å². The summed E-state index contributed by atoms with van der Waals surface area (Å²) in [7, 11) is 0. The van der Waals surface area contributed by atoms with Gasteiger partial charge in [-0.15, -0.1) is 0 Å². The Morgan fingerprint density at radius 3 is 1.65 bits per heavy atom. The molecule has 6 nitrogen and oxygen atoms in total. The molecular formula is C49H30N4O2.